The number of pyridine rings is 1. The Morgan fingerprint density at radius 1 is 1.52 bits per heavy atom. The lowest BCUT2D eigenvalue weighted by atomic mass is 10.1. The Morgan fingerprint density at radius 2 is 2.33 bits per heavy atom. The molecule has 8 nitrogen and oxygen atoms in total. The third-order valence-corrected chi connectivity index (χ3v) is 3.32. The van der Waals surface area contributed by atoms with E-state index in [2.05, 4.69) is 10.3 Å². The molecule has 0 radical (unpaired) electrons. The number of nitrogens with zero attached hydrogens (tertiary/aromatic N) is 2. The van der Waals surface area contributed by atoms with Crippen LogP contribution in [0.5, 0.6) is 0 Å². The van der Waals surface area contributed by atoms with E-state index in [9.17, 15) is 14.9 Å². The van der Waals surface area contributed by atoms with Crippen molar-refractivity contribution in [3.8, 4) is 0 Å². The molecule has 114 valence electrons. The summed E-state index contributed by atoms with van der Waals surface area (Å²) in [6, 6.07) is 2.27. The summed E-state index contributed by atoms with van der Waals surface area (Å²) in [6.45, 7) is 1.19. The average Bonchev–Trinajstić information content (AvgIpc) is 2.48. The fourth-order valence-electron chi connectivity index (χ4n) is 2.23. The molecule has 21 heavy (non-hydrogen) atoms. The van der Waals surface area contributed by atoms with Crippen LogP contribution < -0.4 is 5.32 Å². The molecule has 1 saturated heterocycles. The van der Waals surface area contributed by atoms with Gasteiger partial charge in [-0.3, -0.25) is 10.1 Å². The second kappa shape index (κ2) is 6.98. The lowest BCUT2D eigenvalue weighted by molar-refractivity contribution is -0.384. The monoisotopic (exact) mass is 295 g/mol. The molecular formula is C13H17N3O5. The Hall–Kier alpha value is -2.22. The fraction of sp³-hybridized carbons (Fsp3) is 0.538. The minimum Gasteiger partial charge on any atom is -0.477 e. The van der Waals surface area contributed by atoms with Gasteiger partial charge in [0.2, 0.25) is 5.82 Å². The summed E-state index contributed by atoms with van der Waals surface area (Å²) >= 11 is 0. The van der Waals surface area contributed by atoms with Crippen LogP contribution in [0, 0.1) is 10.1 Å². The summed E-state index contributed by atoms with van der Waals surface area (Å²) in [5.41, 5.74) is -0.457. The SMILES string of the molecule is O=C(O)c1ccc([N+](=O)[O-])c(NCCC2CCCCO2)n1. The van der Waals surface area contributed by atoms with Crippen molar-refractivity contribution in [3.63, 3.8) is 0 Å². The van der Waals surface area contributed by atoms with Crippen molar-refractivity contribution in [2.24, 2.45) is 0 Å². The van der Waals surface area contributed by atoms with Crippen LogP contribution in [0.15, 0.2) is 12.1 Å². The van der Waals surface area contributed by atoms with Crippen molar-refractivity contribution >= 4 is 17.5 Å². The van der Waals surface area contributed by atoms with Gasteiger partial charge in [-0.2, -0.15) is 0 Å². The van der Waals surface area contributed by atoms with E-state index in [-0.39, 0.29) is 23.3 Å². The summed E-state index contributed by atoms with van der Waals surface area (Å²) in [5.74, 6) is -1.24. The summed E-state index contributed by atoms with van der Waals surface area (Å²) < 4.78 is 5.57. The molecule has 0 bridgehead atoms. The fourth-order valence-corrected chi connectivity index (χ4v) is 2.23. The third kappa shape index (κ3) is 4.12. The molecule has 1 aliphatic heterocycles. The van der Waals surface area contributed by atoms with Crippen LogP contribution in [0.3, 0.4) is 0 Å². The molecule has 1 aromatic rings. The number of aromatic carboxylic acids is 1. The molecule has 1 aromatic heterocycles. The smallest absolute Gasteiger partial charge is 0.354 e. The van der Waals surface area contributed by atoms with Crippen molar-refractivity contribution in [1.29, 1.82) is 0 Å². The van der Waals surface area contributed by atoms with E-state index in [4.69, 9.17) is 9.84 Å². The van der Waals surface area contributed by atoms with E-state index < -0.39 is 10.9 Å². The van der Waals surface area contributed by atoms with Crippen molar-refractivity contribution in [1.82, 2.24) is 4.98 Å². The highest BCUT2D eigenvalue weighted by molar-refractivity contribution is 5.86. The number of carboxylic acid groups (broad SMARTS) is 1. The predicted octanol–water partition coefficient (Wildman–Crippen LogP) is 2.06. The van der Waals surface area contributed by atoms with Gasteiger partial charge >= 0.3 is 11.7 Å². The lowest BCUT2D eigenvalue weighted by Gasteiger charge is -2.22. The molecule has 0 saturated carbocycles. The molecule has 2 rings (SSSR count). The quantitative estimate of drug-likeness (QED) is 0.609. The van der Waals surface area contributed by atoms with Crippen LogP contribution in [0.4, 0.5) is 11.5 Å². The van der Waals surface area contributed by atoms with Gasteiger partial charge in [-0.1, -0.05) is 0 Å². The van der Waals surface area contributed by atoms with Gasteiger partial charge in [0.25, 0.3) is 0 Å². The molecule has 1 unspecified atom stereocenters. The normalized spacial score (nSPS) is 18.2. The zero-order valence-corrected chi connectivity index (χ0v) is 11.4. The number of nitrogens with one attached hydrogen (secondary N) is 1. The minimum absolute atomic E-state index is 0.0179. The lowest BCUT2D eigenvalue weighted by Crippen LogP contribution is -2.22. The zero-order valence-electron chi connectivity index (χ0n) is 11.4. The number of hydrogen-bond donors (Lipinski definition) is 2. The maximum Gasteiger partial charge on any atom is 0.354 e. The van der Waals surface area contributed by atoms with E-state index in [1.165, 1.54) is 0 Å². The number of ether oxygens (including phenoxy) is 1. The second-order valence-corrected chi connectivity index (χ2v) is 4.83. The Bertz CT molecular complexity index is 529. The Kier molecular flexibility index (Phi) is 5.04. The van der Waals surface area contributed by atoms with Crippen LogP contribution in [-0.2, 0) is 4.74 Å². The molecule has 2 N–H and O–H groups in total. The Labute approximate surface area is 121 Å². The first-order chi connectivity index (χ1) is 10.1. The summed E-state index contributed by atoms with van der Waals surface area (Å²) in [4.78, 5) is 25.0. The van der Waals surface area contributed by atoms with E-state index in [1.54, 1.807) is 0 Å². The molecule has 1 aliphatic rings. The number of anilines is 1. The number of hydrogen-bond acceptors (Lipinski definition) is 6. The average molecular weight is 295 g/mol. The van der Waals surface area contributed by atoms with E-state index in [0.717, 1.165) is 38.0 Å². The summed E-state index contributed by atoms with van der Waals surface area (Å²) in [6.07, 6.45) is 4.02. The van der Waals surface area contributed by atoms with Crippen LogP contribution in [0.25, 0.3) is 0 Å². The van der Waals surface area contributed by atoms with Gasteiger partial charge in [-0.15, -0.1) is 0 Å². The summed E-state index contributed by atoms with van der Waals surface area (Å²) in [5, 5.41) is 22.7. The van der Waals surface area contributed by atoms with Gasteiger partial charge in [-0.25, -0.2) is 9.78 Å². The van der Waals surface area contributed by atoms with Crippen molar-refractivity contribution < 1.29 is 19.6 Å². The van der Waals surface area contributed by atoms with Gasteiger partial charge in [0.1, 0.15) is 0 Å². The largest absolute Gasteiger partial charge is 0.477 e. The second-order valence-electron chi connectivity index (χ2n) is 4.83. The van der Waals surface area contributed by atoms with Crippen LogP contribution >= 0.6 is 0 Å². The first-order valence-corrected chi connectivity index (χ1v) is 6.82. The van der Waals surface area contributed by atoms with E-state index in [0.29, 0.717) is 13.0 Å². The van der Waals surface area contributed by atoms with Gasteiger partial charge in [-0.05, 0) is 31.7 Å². The van der Waals surface area contributed by atoms with Crippen molar-refractivity contribution in [3.05, 3.63) is 27.9 Å². The summed E-state index contributed by atoms with van der Waals surface area (Å²) in [7, 11) is 0. The zero-order chi connectivity index (χ0) is 15.2. The molecule has 2 heterocycles. The first kappa shape index (κ1) is 15.2. The third-order valence-electron chi connectivity index (χ3n) is 3.32. The van der Waals surface area contributed by atoms with E-state index >= 15 is 0 Å². The molecule has 0 aromatic carbocycles. The molecule has 0 amide bonds. The molecule has 8 heteroatoms. The molecule has 0 aliphatic carbocycles. The first-order valence-electron chi connectivity index (χ1n) is 6.82. The highest BCUT2D eigenvalue weighted by Crippen LogP contribution is 2.23. The number of carbonyl (C=O) groups is 1. The molecule has 1 fully saturated rings. The molecular weight excluding hydrogens is 278 g/mol. The predicted molar refractivity (Wildman–Crippen MR) is 74.5 cm³/mol. The van der Waals surface area contributed by atoms with Gasteiger partial charge in [0.05, 0.1) is 11.0 Å². The van der Waals surface area contributed by atoms with Crippen molar-refractivity contribution in [2.45, 2.75) is 31.8 Å². The van der Waals surface area contributed by atoms with Crippen molar-refractivity contribution in [2.75, 3.05) is 18.5 Å². The number of nitro groups is 1. The number of rotatable bonds is 6. The Balaban J connectivity index is 2.00. The molecule has 1 atom stereocenters. The van der Waals surface area contributed by atoms with Crippen LogP contribution in [0.2, 0.25) is 0 Å². The van der Waals surface area contributed by atoms with Crippen LogP contribution in [-0.4, -0.2) is 40.2 Å². The standard InChI is InChI=1S/C13H17N3O5/c17-13(18)10-4-5-11(16(19)20)12(15-10)14-7-6-9-3-1-2-8-21-9/h4-5,9H,1-3,6-8H2,(H,14,15)(H,17,18). The van der Waals surface area contributed by atoms with E-state index in [1.807, 2.05) is 0 Å². The number of aromatic nitrogens is 1. The molecule has 0 spiro atoms. The van der Waals surface area contributed by atoms with Gasteiger partial charge in [0.15, 0.2) is 5.69 Å². The highest BCUT2D eigenvalue weighted by Gasteiger charge is 2.19. The minimum atomic E-state index is -1.22. The van der Waals surface area contributed by atoms with Crippen LogP contribution in [0.1, 0.15) is 36.2 Å². The highest BCUT2D eigenvalue weighted by atomic mass is 16.6. The maximum atomic E-state index is 10.9. The van der Waals surface area contributed by atoms with Gasteiger partial charge < -0.3 is 15.2 Å². The van der Waals surface area contributed by atoms with Gasteiger partial charge in [0, 0.05) is 19.2 Å². The topological polar surface area (TPSA) is 115 Å². The number of carboxylic acids is 1. The Morgan fingerprint density at radius 3 is 2.95 bits per heavy atom. The maximum absolute atomic E-state index is 10.9.